The molecule has 0 amide bonds. The predicted molar refractivity (Wildman–Crippen MR) is 495 cm³/mol. The van der Waals surface area contributed by atoms with E-state index in [4.69, 9.17) is 0 Å². The molecule has 0 unspecified atom stereocenters. The number of carbonyl (C=O) groups excluding carboxylic acids is 4. The lowest BCUT2D eigenvalue weighted by atomic mass is 9.49. The van der Waals surface area contributed by atoms with Crippen molar-refractivity contribution >= 4 is 67.3 Å². The summed E-state index contributed by atoms with van der Waals surface area (Å²) in [5.41, 5.74) is 5.75. The summed E-state index contributed by atoms with van der Waals surface area (Å²) in [6, 6.07) is 23.5. The van der Waals surface area contributed by atoms with Gasteiger partial charge >= 0.3 is 0 Å². The number of aliphatic hydroxyl groups is 4. The smallest absolute Gasteiger partial charge is 0.159 e. The fraction of sp³-hybridized carbons (Fsp3) is 0.741. The Kier molecular flexibility index (Phi) is 23.0. The maximum absolute atomic E-state index is 13.6. The van der Waals surface area contributed by atoms with Crippen LogP contribution in [0.3, 0.4) is 0 Å². The summed E-state index contributed by atoms with van der Waals surface area (Å²) in [4.78, 5) is 66.0. The Morgan fingerprint density at radius 2 is 0.602 bits per heavy atom. The minimum absolute atomic E-state index is 0.137. The van der Waals surface area contributed by atoms with E-state index < -0.39 is 22.4 Å². The van der Waals surface area contributed by atoms with Gasteiger partial charge in [0.1, 0.15) is 58.3 Å². The second-order valence-corrected chi connectivity index (χ2v) is 48.1. The highest BCUT2D eigenvalue weighted by atomic mass is 16.3. The molecule has 0 bridgehead atoms. The summed E-state index contributed by atoms with van der Waals surface area (Å²) in [5.74, 6) is 17.2. The molecule has 32 atom stereocenters. The number of rotatable bonds is 12. The van der Waals surface area contributed by atoms with Gasteiger partial charge in [0.05, 0.1) is 46.9 Å². The summed E-state index contributed by atoms with van der Waals surface area (Å²) in [6.07, 6.45) is 49.0. The minimum Gasteiger partial charge on any atom is -0.390 e. The largest absolute Gasteiger partial charge is 0.390 e. The van der Waals surface area contributed by atoms with Gasteiger partial charge < -0.3 is 20.4 Å². The fourth-order valence-electron chi connectivity index (χ4n) is 35.4. The lowest BCUT2D eigenvalue weighted by Crippen LogP contribution is -2.51. The highest BCUT2D eigenvalue weighted by Crippen LogP contribution is 2.70. The van der Waals surface area contributed by atoms with Crippen LogP contribution in [0.2, 0.25) is 0 Å². The number of hydrogen-bond donors (Lipinski definition) is 4. The van der Waals surface area contributed by atoms with Crippen molar-refractivity contribution in [3.63, 3.8) is 0 Å². The van der Waals surface area contributed by atoms with Crippen molar-refractivity contribution in [2.75, 3.05) is 0 Å². The third-order valence-corrected chi connectivity index (χ3v) is 41.1. The first-order chi connectivity index (χ1) is 61.4. The van der Waals surface area contributed by atoms with E-state index >= 15 is 0 Å². The Bertz CT molecular complexity index is 4930. The number of Topliss-reactive ketones (excluding diaryl/α,β-unsaturated/α-hetero) is 4. The molecule has 16 aliphatic rings. The zero-order chi connectivity index (χ0) is 88.3. The van der Waals surface area contributed by atoms with Gasteiger partial charge in [-0.3, -0.25) is 38.5 Å². The number of carbonyl (C=O) groups is 4. The van der Waals surface area contributed by atoms with Crippen LogP contribution in [0.5, 0.6) is 0 Å². The summed E-state index contributed by atoms with van der Waals surface area (Å²) < 4.78 is 3.66. The van der Waals surface area contributed by atoms with Crippen LogP contribution in [-0.4, -0.2) is 125 Å². The first-order valence-corrected chi connectivity index (χ1v) is 51.5. The van der Waals surface area contributed by atoms with Crippen molar-refractivity contribution in [1.82, 2.24) is 59.5 Å². The topological polar surface area (TPSA) is 272 Å². The molecule has 4 N–H and O–H groups in total. The zero-order valence-electron chi connectivity index (χ0n) is 78.2. The predicted octanol–water partition coefficient (Wildman–Crippen LogP) is 20.1. The monoisotopic (exact) mass is 1740 g/mol. The molecule has 0 aliphatic heterocycles. The van der Waals surface area contributed by atoms with Gasteiger partial charge in [-0.15, -0.1) is 0 Å². The highest BCUT2D eigenvalue weighted by molar-refractivity contribution is 5.86. The van der Waals surface area contributed by atoms with E-state index in [1.54, 1.807) is 32.9 Å². The molecule has 0 radical (unpaired) electrons. The van der Waals surface area contributed by atoms with Crippen LogP contribution in [0, 0.1) is 164 Å². The number of hydrogen-bond acceptors (Lipinski definition) is 16. The molecule has 16 fully saturated rings. The zero-order valence-corrected chi connectivity index (χ0v) is 78.2. The average Bonchev–Trinajstić information content (AvgIpc) is 1.58. The fourth-order valence-corrected chi connectivity index (χ4v) is 35.4. The molecule has 16 aliphatic carbocycles. The molecule has 6 heterocycles. The Morgan fingerprint density at radius 3 is 0.945 bits per heavy atom. The Labute approximate surface area is 758 Å². The lowest BCUT2D eigenvalue weighted by molar-refractivity contribution is -0.133. The quantitative estimate of drug-likeness (QED) is 0.0885. The van der Waals surface area contributed by atoms with Gasteiger partial charge in [-0.2, -0.15) is 40.2 Å². The average molecular weight is 1740 g/mol. The van der Waals surface area contributed by atoms with E-state index in [-0.39, 0.29) is 45.3 Å². The van der Waals surface area contributed by atoms with Crippen LogP contribution >= 0.6 is 0 Å². The van der Waals surface area contributed by atoms with Crippen LogP contribution in [0.25, 0.3) is 44.1 Å². The molecular formula is C108H148N12O8. The van der Waals surface area contributed by atoms with E-state index in [1.165, 1.54) is 154 Å². The maximum atomic E-state index is 13.6. The van der Waals surface area contributed by atoms with Gasteiger partial charge in [0.25, 0.3) is 0 Å². The summed E-state index contributed by atoms with van der Waals surface area (Å²) in [5, 5.41) is 69.7. The van der Waals surface area contributed by atoms with Crippen LogP contribution in [0.4, 0.5) is 0 Å². The minimum atomic E-state index is -0.451. The molecule has 128 heavy (non-hydrogen) atoms. The standard InChI is InChI=1S/4C27H37N3O2/c1-26(32)11-9-18-17(14-26)5-6-20-19(18)10-12-27(2)21(20)7-8-22(27)25(31)16-30-24-4-3-13-28-23(24)15-29-30;1-26(32)11-9-18-17(14-26)5-6-20-19(18)10-12-27(2)21(20)7-8-22(27)25(31)16-30-15-24-23(29-30)4-3-13-28-24;2*1-26(32)13-11-18-17(15-26)7-8-20-19(18)12-14-27(2)21(20)9-10-22(27)25(31)16-30-28-23-5-3-4-6-24(23)29-30/h2*3-4,13,15,17-22,32H,5-12,14,16H2,1-2H3;2*3-6,17-22,32H,7-16H2,1-2H3/t3*17-,18-,19+,20+,21-,22+,26+,27-;17-,18-,19+,20+,21-,22-,26+,27-/m0000/s1. The molecule has 6 aromatic heterocycles. The van der Waals surface area contributed by atoms with E-state index in [1.807, 2.05) is 111 Å². The van der Waals surface area contributed by atoms with E-state index in [9.17, 15) is 39.6 Å². The lowest BCUT2D eigenvalue weighted by Gasteiger charge is -2.56. The van der Waals surface area contributed by atoms with Gasteiger partial charge in [-0.1, -0.05) is 52.0 Å². The molecule has 16 saturated carbocycles. The van der Waals surface area contributed by atoms with Crippen LogP contribution < -0.4 is 0 Å². The van der Waals surface area contributed by atoms with Crippen LogP contribution in [0.15, 0.2) is 97.6 Å². The number of aromatic nitrogens is 12. The first-order valence-electron chi connectivity index (χ1n) is 51.5. The molecule has 2 aromatic carbocycles. The van der Waals surface area contributed by atoms with Crippen molar-refractivity contribution in [1.29, 1.82) is 0 Å². The molecule has 0 spiro atoms. The number of fused-ring (bicyclic) bond motifs is 24. The SMILES string of the molecule is C[C@@]1(O)CC[C@H]2[C@@H](CC[C@@H]3[C@@H]2CC[C@]2(C)[C@@H](C(=O)Cn4cc5ncccc5n4)CC[C@@H]32)C1.C[C@@]1(O)CC[C@H]2[C@@H](CC[C@@H]3[C@@H]2CC[C@]2(C)[C@@H](C(=O)Cn4nc5ccccc5n4)CC[C@@H]32)C1.C[C@@]1(O)CC[C@H]2[C@@H](CC[C@@H]3[C@@H]2CC[C@]2(C)[C@@H](C(=O)Cn4ncc5ncccc54)CC[C@@H]32)C1.C[C@@]1(O)CC[C@H]2[C@@H](CC[C@@H]3[C@@H]2CC[C@]2(C)[C@H](C(=O)Cn4nc5ccccc5n4)CC[C@@H]32)C1. The molecule has 8 aromatic rings. The first kappa shape index (κ1) is 87.6. The Balaban J connectivity index is 0.000000104. The van der Waals surface area contributed by atoms with Gasteiger partial charge in [0.2, 0.25) is 0 Å². The van der Waals surface area contributed by atoms with Gasteiger partial charge in [0, 0.05) is 36.1 Å². The van der Waals surface area contributed by atoms with Crippen LogP contribution in [0.1, 0.15) is 287 Å². The van der Waals surface area contributed by atoms with Crippen molar-refractivity contribution in [2.24, 2.45) is 164 Å². The van der Waals surface area contributed by atoms with E-state index in [2.05, 4.69) is 68.3 Å². The van der Waals surface area contributed by atoms with Crippen molar-refractivity contribution < 1.29 is 39.6 Å². The second kappa shape index (κ2) is 33.6. The van der Waals surface area contributed by atoms with Crippen LogP contribution in [-0.2, 0) is 45.4 Å². The van der Waals surface area contributed by atoms with Gasteiger partial charge in [0.15, 0.2) is 23.1 Å². The van der Waals surface area contributed by atoms with Crippen molar-refractivity contribution in [3.8, 4) is 0 Å². The molecule has 20 nitrogen and oxygen atoms in total. The number of nitrogens with zero attached hydrogens (tertiary/aromatic N) is 12. The highest BCUT2D eigenvalue weighted by Gasteiger charge is 2.64. The number of ketones is 4. The molecule has 24 rings (SSSR count). The number of benzene rings is 2. The van der Waals surface area contributed by atoms with E-state index in [0.29, 0.717) is 96.7 Å². The summed E-state index contributed by atoms with van der Waals surface area (Å²) >= 11 is 0. The summed E-state index contributed by atoms with van der Waals surface area (Å²) in [7, 11) is 0. The molecule has 0 saturated heterocycles. The second-order valence-electron chi connectivity index (χ2n) is 48.1. The number of pyridine rings is 2. The van der Waals surface area contributed by atoms with E-state index in [0.717, 1.165) is 192 Å². The van der Waals surface area contributed by atoms with Crippen molar-refractivity contribution in [3.05, 3.63) is 97.6 Å². The normalized spacial score (nSPS) is 43.5. The third-order valence-electron chi connectivity index (χ3n) is 41.1. The maximum Gasteiger partial charge on any atom is 0.159 e. The Morgan fingerprint density at radius 1 is 0.305 bits per heavy atom. The Hall–Kier alpha value is -7.00. The van der Waals surface area contributed by atoms with Gasteiger partial charge in [-0.05, 0) is 447 Å². The molecule has 688 valence electrons. The van der Waals surface area contributed by atoms with Crippen molar-refractivity contribution in [2.45, 2.75) is 335 Å². The third kappa shape index (κ3) is 16.0. The molecular weight excluding hydrogens is 1590 g/mol. The summed E-state index contributed by atoms with van der Waals surface area (Å²) in [6.45, 7) is 19.2. The molecule has 20 heteroatoms. The van der Waals surface area contributed by atoms with Gasteiger partial charge in [-0.25, -0.2) is 0 Å².